The molecule has 4 heteroatoms. The Morgan fingerprint density at radius 1 is 1.15 bits per heavy atom. The molecule has 0 N–H and O–H groups in total. The van der Waals surface area contributed by atoms with Crippen LogP contribution in [0.4, 0.5) is 9.18 Å². The van der Waals surface area contributed by atoms with E-state index in [4.69, 9.17) is 4.74 Å². The van der Waals surface area contributed by atoms with Gasteiger partial charge in [-0.05, 0) is 55.4 Å². The third-order valence-electron chi connectivity index (χ3n) is 5.60. The largest absolute Gasteiger partial charge is 0.445 e. The number of hydrogen-bond donors (Lipinski definition) is 0. The van der Waals surface area contributed by atoms with Gasteiger partial charge in [0.2, 0.25) is 0 Å². The highest BCUT2D eigenvalue weighted by Crippen LogP contribution is 2.39. The van der Waals surface area contributed by atoms with Crippen molar-refractivity contribution in [2.24, 2.45) is 0 Å². The maximum atomic E-state index is 14.4. The lowest BCUT2D eigenvalue weighted by molar-refractivity contribution is 0.0510. The van der Waals surface area contributed by atoms with Gasteiger partial charge in [0.1, 0.15) is 12.4 Å². The van der Waals surface area contributed by atoms with Gasteiger partial charge in [-0.15, -0.1) is 0 Å². The maximum absolute atomic E-state index is 14.4. The predicted molar refractivity (Wildman–Crippen MR) is 104 cm³/mol. The molecule has 27 heavy (non-hydrogen) atoms. The number of nitrogens with zero attached hydrogens (tertiary/aromatic N) is 1. The van der Waals surface area contributed by atoms with Crippen LogP contribution in [0.5, 0.6) is 0 Å². The van der Waals surface area contributed by atoms with Crippen molar-refractivity contribution in [2.45, 2.75) is 51.3 Å². The number of piperidine rings is 1. The standard InChI is InChI=1S/C23H24FNO2/c1-16-7-5-12-21(24)22(16)18-13-19-10-6-11-20(14-18)25(19)23(26)27-15-17-8-3-2-4-9-17/h2-5,7-9,12-13,19-20H,6,10-11,14-15H2,1H3. The molecular formula is C23H24FNO2. The lowest BCUT2D eigenvalue weighted by atomic mass is 9.82. The SMILES string of the molecule is Cc1cccc(F)c1C1=CC2CCCC(C1)N2C(=O)OCc1ccccc1. The molecule has 0 saturated carbocycles. The smallest absolute Gasteiger partial charge is 0.410 e. The first-order valence-electron chi connectivity index (χ1n) is 9.58. The molecule has 2 heterocycles. The van der Waals surface area contributed by atoms with Crippen LogP contribution in [-0.4, -0.2) is 23.1 Å². The van der Waals surface area contributed by atoms with Gasteiger partial charge in [-0.2, -0.15) is 0 Å². The average Bonchev–Trinajstić information content (AvgIpc) is 2.66. The van der Waals surface area contributed by atoms with Crippen molar-refractivity contribution in [1.82, 2.24) is 4.90 Å². The molecule has 140 valence electrons. The maximum Gasteiger partial charge on any atom is 0.410 e. The zero-order valence-corrected chi connectivity index (χ0v) is 15.5. The number of carbonyl (C=O) groups excluding carboxylic acids is 1. The third-order valence-corrected chi connectivity index (χ3v) is 5.60. The Hall–Kier alpha value is -2.62. The fourth-order valence-electron chi connectivity index (χ4n) is 4.33. The molecule has 1 saturated heterocycles. The van der Waals surface area contributed by atoms with Crippen LogP contribution >= 0.6 is 0 Å². The molecule has 2 aliphatic heterocycles. The lowest BCUT2D eigenvalue weighted by Crippen LogP contribution is -2.51. The summed E-state index contributed by atoms with van der Waals surface area (Å²) in [6.45, 7) is 2.22. The molecule has 4 rings (SSSR count). The van der Waals surface area contributed by atoms with Gasteiger partial charge in [-0.25, -0.2) is 9.18 Å². The van der Waals surface area contributed by atoms with Gasteiger partial charge < -0.3 is 4.74 Å². The number of hydrogen-bond acceptors (Lipinski definition) is 2. The monoisotopic (exact) mass is 365 g/mol. The van der Waals surface area contributed by atoms with E-state index in [-0.39, 0.29) is 30.6 Å². The zero-order valence-electron chi connectivity index (χ0n) is 15.5. The molecule has 2 aliphatic rings. The number of rotatable bonds is 3. The van der Waals surface area contributed by atoms with Crippen LogP contribution in [0, 0.1) is 12.7 Å². The second kappa shape index (κ2) is 7.55. The Balaban J connectivity index is 1.54. The molecule has 0 spiro atoms. The highest BCUT2D eigenvalue weighted by Gasteiger charge is 2.38. The second-order valence-corrected chi connectivity index (χ2v) is 7.43. The summed E-state index contributed by atoms with van der Waals surface area (Å²) in [6, 6.07) is 15.0. The molecule has 2 bridgehead atoms. The van der Waals surface area contributed by atoms with E-state index in [1.54, 1.807) is 6.07 Å². The number of aryl methyl sites for hydroxylation is 1. The number of halogens is 1. The van der Waals surface area contributed by atoms with Crippen molar-refractivity contribution in [1.29, 1.82) is 0 Å². The number of carbonyl (C=O) groups is 1. The van der Waals surface area contributed by atoms with Gasteiger partial charge in [0, 0.05) is 11.6 Å². The van der Waals surface area contributed by atoms with Crippen LogP contribution in [0.3, 0.4) is 0 Å². The van der Waals surface area contributed by atoms with Crippen molar-refractivity contribution in [3.05, 3.63) is 77.1 Å². The van der Waals surface area contributed by atoms with Crippen LogP contribution in [0.25, 0.3) is 5.57 Å². The van der Waals surface area contributed by atoms with Gasteiger partial charge in [0.15, 0.2) is 0 Å². The summed E-state index contributed by atoms with van der Waals surface area (Å²) in [6.07, 6.45) is 5.39. The Labute approximate surface area is 159 Å². The summed E-state index contributed by atoms with van der Waals surface area (Å²) < 4.78 is 20.0. The van der Waals surface area contributed by atoms with E-state index in [1.807, 2.05) is 48.2 Å². The second-order valence-electron chi connectivity index (χ2n) is 7.43. The summed E-state index contributed by atoms with van der Waals surface area (Å²) in [5.41, 5.74) is 3.64. The highest BCUT2D eigenvalue weighted by molar-refractivity contribution is 5.75. The highest BCUT2D eigenvalue weighted by atomic mass is 19.1. The van der Waals surface area contributed by atoms with Crippen molar-refractivity contribution >= 4 is 11.7 Å². The minimum absolute atomic E-state index is 0.0187. The normalized spacial score (nSPS) is 21.6. The van der Waals surface area contributed by atoms with Crippen LogP contribution in [0.2, 0.25) is 0 Å². The molecule has 0 aliphatic carbocycles. The van der Waals surface area contributed by atoms with Gasteiger partial charge in [0.25, 0.3) is 0 Å². The fourth-order valence-corrected chi connectivity index (χ4v) is 4.33. The Morgan fingerprint density at radius 3 is 2.70 bits per heavy atom. The van der Waals surface area contributed by atoms with E-state index in [0.717, 1.165) is 36.0 Å². The third kappa shape index (κ3) is 3.61. The first-order chi connectivity index (χ1) is 13.1. The molecule has 2 aromatic carbocycles. The van der Waals surface area contributed by atoms with Crippen molar-refractivity contribution in [2.75, 3.05) is 0 Å². The average molecular weight is 365 g/mol. The van der Waals surface area contributed by atoms with E-state index in [9.17, 15) is 9.18 Å². The molecule has 3 nitrogen and oxygen atoms in total. The minimum Gasteiger partial charge on any atom is -0.445 e. The van der Waals surface area contributed by atoms with E-state index >= 15 is 0 Å². The zero-order chi connectivity index (χ0) is 18.8. The summed E-state index contributed by atoms with van der Waals surface area (Å²) in [5.74, 6) is -0.181. The number of amides is 1. The summed E-state index contributed by atoms with van der Waals surface area (Å²) in [7, 11) is 0. The number of ether oxygens (including phenoxy) is 1. The van der Waals surface area contributed by atoms with Gasteiger partial charge in [-0.3, -0.25) is 4.90 Å². The first-order valence-corrected chi connectivity index (χ1v) is 9.58. The Kier molecular flexibility index (Phi) is 4.97. The van der Waals surface area contributed by atoms with E-state index in [2.05, 4.69) is 6.08 Å². The summed E-state index contributed by atoms with van der Waals surface area (Å²) in [4.78, 5) is 14.6. The van der Waals surface area contributed by atoms with E-state index in [0.29, 0.717) is 12.0 Å². The lowest BCUT2D eigenvalue weighted by Gasteiger charge is -2.44. The quantitative estimate of drug-likeness (QED) is 0.721. The van der Waals surface area contributed by atoms with Crippen molar-refractivity contribution in [3.63, 3.8) is 0 Å². The fraction of sp³-hybridized carbons (Fsp3) is 0.348. The van der Waals surface area contributed by atoms with Gasteiger partial charge in [-0.1, -0.05) is 48.5 Å². The molecule has 1 fully saturated rings. The topological polar surface area (TPSA) is 29.5 Å². The molecule has 2 unspecified atom stereocenters. The number of fused-ring (bicyclic) bond motifs is 2. The number of benzene rings is 2. The van der Waals surface area contributed by atoms with Crippen molar-refractivity contribution < 1.29 is 13.9 Å². The van der Waals surface area contributed by atoms with Crippen LogP contribution in [-0.2, 0) is 11.3 Å². The van der Waals surface area contributed by atoms with E-state index < -0.39 is 0 Å². The van der Waals surface area contributed by atoms with Gasteiger partial charge in [0.05, 0.1) is 6.04 Å². The van der Waals surface area contributed by atoms with Crippen LogP contribution in [0.15, 0.2) is 54.6 Å². The molecular weight excluding hydrogens is 341 g/mol. The minimum atomic E-state index is -0.269. The summed E-state index contributed by atoms with van der Waals surface area (Å²) in [5, 5.41) is 0. The van der Waals surface area contributed by atoms with Crippen LogP contribution < -0.4 is 0 Å². The Morgan fingerprint density at radius 2 is 1.96 bits per heavy atom. The molecule has 1 amide bonds. The van der Waals surface area contributed by atoms with Crippen molar-refractivity contribution in [3.8, 4) is 0 Å². The summed E-state index contributed by atoms with van der Waals surface area (Å²) >= 11 is 0. The molecule has 0 aromatic heterocycles. The first kappa shape index (κ1) is 17.8. The predicted octanol–water partition coefficient (Wildman–Crippen LogP) is 5.48. The van der Waals surface area contributed by atoms with Gasteiger partial charge >= 0.3 is 6.09 Å². The van der Waals surface area contributed by atoms with Crippen LogP contribution in [0.1, 0.15) is 42.4 Å². The Bertz CT molecular complexity index is 842. The molecule has 0 radical (unpaired) electrons. The molecule has 2 aromatic rings. The van der Waals surface area contributed by atoms with E-state index in [1.165, 1.54) is 6.07 Å². The molecule has 2 atom stereocenters.